The van der Waals surface area contributed by atoms with Crippen LogP contribution in [0.1, 0.15) is 16.1 Å². The molecule has 148 valence electrons. The predicted octanol–water partition coefficient (Wildman–Crippen LogP) is 2.59. The second-order valence-electron chi connectivity index (χ2n) is 6.01. The monoisotopic (exact) mass is 403 g/mol. The van der Waals surface area contributed by atoms with Crippen LogP contribution in [0.25, 0.3) is 17.0 Å². The summed E-state index contributed by atoms with van der Waals surface area (Å²) in [6.07, 6.45) is 2.79. The number of hydrogen-bond donors (Lipinski definition) is 1. The maximum absolute atomic E-state index is 12.2. The van der Waals surface area contributed by atoms with Gasteiger partial charge in [0.25, 0.3) is 11.6 Å². The Kier molecular flexibility index (Phi) is 5.07. The summed E-state index contributed by atoms with van der Waals surface area (Å²) in [6, 6.07) is 16.1. The number of tetrazole rings is 1. The van der Waals surface area contributed by atoms with Crippen molar-refractivity contribution in [3.8, 4) is 17.0 Å². The van der Waals surface area contributed by atoms with Crippen molar-refractivity contribution in [3.63, 3.8) is 0 Å². The molecule has 0 aliphatic heterocycles. The van der Waals surface area contributed by atoms with Gasteiger partial charge in [-0.3, -0.25) is 14.9 Å². The van der Waals surface area contributed by atoms with E-state index in [4.69, 9.17) is 4.42 Å². The van der Waals surface area contributed by atoms with Crippen molar-refractivity contribution in [1.29, 1.82) is 0 Å². The van der Waals surface area contributed by atoms with Crippen molar-refractivity contribution in [1.82, 2.24) is 25.6 Å². The third-order valence-corrected chi connectivity index (χ3v) is 4.07. The minimum Gasteiger partial charge on any atom is -0.455 e. The van der Waals surface area contributed by atoms with Gasteiger partial charge in [-0.25, -0.2) is 10.1 Å². The lowest BCUT2D eigenvalue weighted by atomic mass is 10.1. The summed E-state index contributed by atoms with van der Waals surface area (Å²) in [6.45, 7) is 0. The van der Waals surface area contributed by atoms with Crippen molar-refractivity contribution in [3.05, 3.63) is 88.4 Å². The Morgan fingerprint density at radius 3 is 2.73 bits per heavy atom. The number of rotatable bonds is 6. The highest BCUT2D eigenvalue weighted by molar-refractivity contribution is 5.94. The second kappa shape index (κ2) is 8.14. The lowest BCUT2D eigenvalue weighted by Gasteiger charge is -2.02. The van der Waals surface area contributed by atoms with Crippen molar-refractivity contribution in [2.24, 2.45) is 5.10 Å². The fourth-order valence-electron chi connectivity index (χ4n) is 2.61. The number of aromatic nitrogens is 4. The van der Waals surface area contributed by atoms with Crippen LogP contribution >= 0.6 is 0 Å². The average molecular weight is 403 g/mol. The molecule has 0 bridgehead atoms. The number of furan rings is 1. The fraction of sp³-hybridized carbons (Fsp3) is 0. The lowest BCUT2D eigenvalue weighted by Crippen LogP contribution is -2.17. The van der Waals surface area contributed by atoms with Gasteiger partial charge in [-0.1, -0.05) is 12.1 Å². The van der Waals surface area contributed by atoms with E-state index in [1.807, 2.05) is 0 Å². The van der Waals surface area contributed by atoms with Gasteiger partial charge >= 0.3 is 0 Å². The molecule has 1 N–H and O–H groups in total. The van der Waals surface area contributed by atoms with Crippen molar-refractivity contribution >= 4 is 17.8 Å². The molecule has 0 saturated carbocycles. The van der Waals surface area contributed by atoms with Gasteiger partial charge in [0.15, 0.2) is 0 Å². The first-order valence-electron chi connectivity index (χ1n) is 8.62. The Balaban J connectivity index is 1.39. The number of nitro groups is 1. The van der Waals surface area contributed by atoms with Gasteiger partial charge in [0.1, 0.15) is 17.8 Å². The third kappa shape index (κ3) is 4.09. The zero-order chi connectivity index (χ0) is 20.9. The molecule has 0 fully saturated rings. The van der Waals surface area contributed by atoms with Crippen LogP contribution in [-0.4, -0.2) is 37.3 Å². The van der Waals surface area contributed by atoms with Crippen LogP contribution in [0.2, 0.25) is 0 Å². The van der Waals surface area contributed by atoms with Crippen LogP contribution in [0.5, 0.6) is 0 Å². The summed E-state index contributed by atoms with van der Waals surface area (Å²) < 4.78 is 7.07. The highest BCUT2D eigenvalue weighted by Crippen LogP contribution is 2.25. The van der Waals surface area contributed by atoms with E-state index in [1.165, 1.54) is 29.4 Å². The van der Waals surface area contributed by atoms with Crippen LogP contribution < -0.4 is 5.43 Å². The molecule has 0 unspecified atom stereocenters. The minimum absolute atomic E-state index is 0.0301. The average Bonchev–Trinajstić information content (AvgIpc) is 3.46. The highest BCUT2D eigenvalue weighted by Gasteiger charge is 2.10. The molecule has 0 aliphatic rings. The number of nitrogens with zero attached hydrogens (tertiary/aromatic N) is 6. The summed E-state index contributed by atoms with van der Waals surface area (Å²) in [5.74, 6) is 0.426. The molecule has 0 saturated heterocycles. The van der Waals surface area contributed by atoms with Crippen LogP contribution in [0.15, 0.2) is 76.5 Å². The molecule has 2 aromatic heterocycles. The molecule has 4 aromatic rings. The molecule has 1 amide bonds. The van der Waals surface area contributed by atoms with Crippen LogP contribution in [0.4, 0.5) is 5.69 Å². The first-order valence-corrected chi connectivity index (χ1v) is 8.62. The number of nitro benzene ring substituents is 1. The molecule has 4 rings (SSSR count). The van der Waals surface area contributed by atoms with Gasteiger partial charge in [0, 0.05) is 23.3 Å². The molecule has 2 heterocycles. The Labute approximate surface area is 168 Å². The van der Waals surface area contributed by atoms with E-state index in [-0.39, 0.29) is 5.69 Å². The van der Waals surface area contributed by atoms with E-state index in [9.17, 15) is 14.9 Å². The SMILES string of the molecule is O=C(N/N=C/c1ccc(-c2cccc([N+](=O)[O-])c2)o1)c1ccc(-n2cnnn2)cc1. The zero-order valence-electron chi connectivity index (χ0n) is 15.2. The summed E-state index contributed by atoms with van der Waals surface area (Å²) in [4.78, 5) is 22.6. The number of carbonyl (C=O) groups is 1. The van der Waals surface area contributed by atoms with Gasteiger partial charge < -0.3 is 4.42 Å². The zero-order valence-corrected chi connectivity index (χ0v) is 15.2. The van der Waals surface area contributed by atoms with Crippen LogP contribution in [-0.2, 0) is 0 Å². The van der Waals surface area contributed by atoms with Crippen molar-refractivity contribution < 1.29 is 14.1 Å². The van der Waals surface area contributed by atoms with Crippen LogP contribution in [0, 0.1) is 10.1 Å². The van der Waals surface area contributed by atoms with E-state index in [0.29, 0.717) is 28.3 Å². The first kappa shape index (κ1) is 18.7. The molecule has 2 aromatic carbocycles. The van der Waals surface area contributed by atoms with Crippen molar-refractivity contribution in [2.45, 2.75) is 0 Å². The summed E-state index contributed by atoms with van der Waals surface area (Å²) >= 11 is 0. The fourth-order valence-corrected chi connectivity index (χ4v) is 2.61. The smallest absolute Gasteiger partial charge is 0.271 e. The largest absolute Gasteiger partial charge is 0.455 e. The Morgan fingerprint density at radius 2 is 2.00 bits per heavy atom. The number of benzene rings is 2. The Morgan fingerprint density at radius 1 is 1.17 bits per heavy atom. The van der Waals surface area contributed by atoms with Gasteiger partial charge in [-0.15, -0.1) is 5.10 Å². The minimum atomic E-state index is -0.473. The Hall–Kier alpha value is -4.67. The molecular weight excluding hydrogens is 390 g/mol. The molecule has 30 heavy (non-hydrogen) atoms. The number of amides is 1. The normalized spacial score (nSPS) is 10.9. The van der Waals surface area contributed by atoms with Crippen LogP contribution in [0.3, 0.4) is 0 Å². The topological polar surface area (TPSA) is 141 Å². The van der Waals surface area contributed by atoms with E-state index in [0.717, 1.165) is 0 Å². The van der Waals surface area contributed by atoms with E-state index < -0.39 is 10.8 Å². The quantitative estimate of drug-likeness (QED) is 0.296. The first-order chi connectivity index (χ1) is 14.6. The summed E-state index contributed by atoms with van der Waals surface area (Å²) in [5, 5.41) is 25.6. The van der Waals surface area contributed by atoms with E-state index >= 15 is 0 Å². The predicted molar refractivity (Wildman–Crippen MR) is 105 cm³/mol. The third-order valence-electron chi connectivity index (χ3n) is 4.07. The number of hydrazone groups is 1. The van der Waals surface area contributed by atoms with E-state index in [1.54, 1.807) is 48.5 Å². The van der Waals surface area contributed by atoms with Gasteiger partial charge in [-0.2, -0.15) is 5.10 Å². The highest BCUT2D eigenvalue weighted by atomic mass is 16.6. The molecule has 0 atom stereocenters. The molecule has 11 nitrogen and oxygen atoms in total. The number of hydrogen-bond acceptors (Lipinski definition) is 8. The molecule has 0 aliphatic carbocycles. The second-order valence-corrected chi connectivity index (χ2v) is 6.01. The maximum Gasteiger partial charge on any atom is 0.271 e. The summed E-state index contributed by atoms with van der Waals surface area (Å²) in [5.41, 5.74) is 4.06. The van der Waals surface area contributed by atoms with Gasteiger partial charge in [0.2, 0.25) is 0 Å². The van der Waals surface area contributed by atoms with Gasteiger partial charge in [0.05, 0.1) is 16.8 Å². The molecular formula is C19H13N7O4. The molecule has 0 spiro atoms. The van der Waals surface area contributed by atoms with Crippen molar-refractivity contribution in [2.75, 3.05) is 0 Å². The molecule has 0 radical (unpaired) electrons. The van der Waals surface area contributed by atoms with E-state index in [2.05, 4.69) is 26.1 Å². The molecule has 11 heteroatoms. The maximum atomic E-state index is 12.2. The Bertz CT molecular complexity index is 1210. The number of non-ortho nitro benzene ring substituents is 1. The number of carbonyl (C=O) groups excluding carboxylic acids is 1. The standard InChI is InChI=1S/C19H13N7O4/c27-19(13-4-6-15(7-5-13)25-12-21-23-24-25)22-20-11-17-8-9-18(30-17)14-2-1-3-16(10-14)26(28)29/h1-12H,(H,22,27)/b20-11+. The van der Waals surface area contributed by atoms with Gasteiger partial charge in [-0.05, 0) is 46.8 Å². The number of nitrogens with one attached hydrogen (secondary N) is 1. The summed E-state index contributed by atoms with van der Waals surface area (Å²) in [7, 11) is 0. The lowest BCUT2D eigenvalue weighted by molar-refractivity contribution is -0.384.